The van der Waals surface area contributed by atoms with Crippen molar-refractivity contribution in [3.05, 3.63) is 29.6 Å². The van der Waals surface area contributed by atoms with Crippen molar-refractivity contribution in [3.8, 4) is 6.01 Å². The lowest BCUT2D eigenvalue weighted by atomic mass is 10.1. The van der Waals surface area contributed by atoms with Gasteiger partial charge < -0.3 is 19.9 Å². The van der Waals surface area contributed by atoms with E-state index in [9.17, 15) is 0 Å². The number of hydrogen-bond acceptors (Lipinski definition) is 5. The SMILES string of the molecule is COc1nc2c(c(N(C)c3ccc[nH]3)n1)CNCC2. The molecule has 0 saturated carbocycles. The van der Waals surface area contributed by atoms with Gasteiger partial charge in [0.2, 0.25) is 0 Å². The van der Waals surface area contributed by atoms with Crippen LogP contribution in [0.1, 0.15) is 11.3 Å². The zero-order chi connectivity index (χ0) is 13.2. The molecular weight excluding hydrogens is 242 g/mol. The molecule has 3 rings (SSSR count). The summed E-state index contributed by atoms with van der Waals surface area (Å²) >= 11 is 0. The van der Waals surface area contributed by atoms with Crippen LogP contribution in [-0.2, 0) is 13.0 Å². The Morgan fingerprint density at radius 1 is 1.37 bits per heavy atom. The Morgan fingerprint density at radius 2 is 2.26 bits per heavy atom. The summed E-state index contributed by atoms with van der Waals surface area (Å²) in [7, 11) is 3.59. The van der Waals surface area contributed by atoms with Crippen LogP contribution < -0.4 is 15.0 Å². The lowest BCUT2D eigenvalue weighted by Gasteiger charge is -2.24. The van der Waals surface area contributed by atoms with Crippen molar-refractivity contribution in [1.29, 1.82) is 0 Å². The third kappa shape index (κ3) is 2.15. The van der Waals surface area contributed by atoms with Gasteiger partial charge in [-0.15, -0.1) is 0 Å². The molecule has 0 unspecified atom stereocenters. The first-order chi connectivity index (χ1) is 9.29. The number of rotatable bonds is 3. The largest absolute Gasteiger partial charge is 0.467 e. The topological polar surface area (TPSA) is 66.1 Å². The highest BCUT2D eigenvalue weighted by Crippen LogP contribution is 2.28. The highest BCUT2D eigenvalue weighted by Gasteiger charge is 2.21. The Morgan fingerprint density at radius 3 is 3.00 bits per heavy atom. The zero-order valence-corrected chi connectivity index (χ0v) is 11.1. The molecule has 0 aliphatic carbocycles. The molecule has 0 radical (unpaired) electrons. The van der Waals surface area contributed by atoms with Gasteiger partial charge in [-0.3, -0.25) is 0 Å². The summed E-state index contributed by atoms with van der Waals surface area (Å²) in [6.45, 7) is 1.73. The molecule has 0 aromatic carbocycles. The number of aromatic nitrogens is 3. The third-order valence-electron chi connectivity index (χ3n) is 3.33. The van der Waals surface area contributed by atoms with Gasteiger partial charge in [-0.2, -0.15) is 9.97 Å². The molecule has 2 N–H and O–H groups in total. The van der Waals surface area contributed by atoms with Gasteiger partial charge in [-0.1, -0.05) is 0 Å². The fraction of sp³-hybridized carbons (Fsp3) is 0.385. The predicted molar refractivity (Wildman–Crippen MR) is 72.9 cm³/mol. The number of hydrogen-bond donors (Lipinski definition) is 2. The fourth-order valence-corrected chi connectivity index (χ4v) is 2.32. The number of methoxy groups -OCH3 is 1. The summed E-state index contributed by atoms with van der Waals surface area (Å²) in [6.07, 6.45) is 2.80. The number of nitrogens with one attached hydrogen (secondary N) is 2. The summed E-state index contributed by atoms with van der Waals surface area (Å²) in [6, 6.07) is 4.40. The van der Waals surface area contributed by atoms with Crippen molar-refractivity contribution in [2.45, 2.75) is 13.0 Å². The highest BCUT2D eigenvalue weighted by molar-refractivity contribution is 5.60. The van der Waals surface area contributed by atoms with Crippen LogP contribution >= 0.6 is 0 Å². The van der Waals surface area contributed by atoms with E-state index in [1.807, 2.05) is 30.3 Å². The van der Waals surface area contributed by atoms with Gasteiger partial charge in [-0.25, -0.2) is 0 Å². The van der Waals surface area contributed by atoms with Gasteiger partial charge >= 0.3 is 6.01 Å². The highest BCUT2D eigenvalue weighted by atomic mass is 16.5. The van der Waals surface area contributed by atoms with Crippen LogP contribution in [0, 0.1) is 0 Å². The van der Waals surface area contributed by atoms with Crippen molar-refractivity contribution < 1.29 is 4.74 Å². The summed E-state index contributed by atoms with van der Waals surface area (Å²) in [5.74, 6) is 1.88. The van der Waals surface area contributed by atoms with Crippen LogP contribution in [0.4, 0.5) is 11.6 Å². The molecular formula is C13H17N5O. The second-order valence-electron chi connectivity index (χ2n) is 4.50. The zero-order valence-electron chi connectivity index (χ0n) is 11.1. The van der Waals surface area contributed by atoms with Gasteiger partial charge in [0.15, 0.2) is 0 Å². The standard InChI is InChI=1S/C13H17N5O/c1-18(11-4-3-6-15-11)12-9-8-14-7-5-10(9)16-13(17-12)19-2/h3-4,6,14-15H,5,7-8H2,1-2H3. The number of aromatic amines is 1. The van der Waals surface area contributed by atoms with E-state index in [1.54, 1.807) is 7.11 Å². The van der Waals surface area contributed by atoms with E-state index in [0.717, 1.165) is 42.4 Å². The minimum absolute atomic E-state index is 0.425. The van der Waals surface area contributed by atoms with Crippen LogP contribution in [0.25, 0.3) is 0 Å². The molecule has 0 bridgehead atoms. The van der Waals surface area contributed by atoms with E-state index < -0.39 is 0 Å². The second kappa shape index (κ2) is 4.89. The first kappa shape index (κ1) is 12.0. The van der Waals surface area contributed by atoms with Gasteiger partial charge in [-0.05, 0) is 12.1 Å². The molecule has 0 atom stereocenters. The minimum Gasteiger partial charge on any atom is -0.467 e. The number of H-pyrrole nitrogens is 1. The van der Waals surface area contributed by atoms with Crippen molar-refractivity contribution >= 4 is 11.6 Å². The minimum atomic E-state index is 0.425. The maximum absolute atomic E-state index is 5.21. The fourth-order valence-electron chi connectivity index (χ4n) is 2.32. The summed E-state index contributed by atoms with van der Waals surface area (Å²) in [5.41, 5.74) is 2.21. The van der Waals surface area contributed by atoms with Gasteiger partial charge in [0.05, 0.1) is 12.8 Å². The van der Waals surface area contributed by atoms with Crippen molar-refractivity contribution in [1.82, 2.24) is 20.3 Å². The van der Waals surface area contributed by atoms with Gasteiger partial charge in [0.25, 0.3) is 0 Å². The van der Waals surface area contributed by atoms with Crippen molar-refractivity contribution in [2.75, 3.05) is 25.6 Å². The third-order valence-corrected chi connectivity index (χ3v) is 3.33. The maximum Gasteiger partial charge on any atom is 0.318 e. The molecule has 0 fully saturated rings. The molecule has 1 aliphatic heterocycles. The Balaban J connectivity index is 2.08. The van der Waals surface area contributed by atoms with E-state index in [4.69, 9.17) is 4.74 Å². The first-order valence-electron chi connectivity index (χ1n) is 6.31. The monoisotopic (exact) mass is 259 g/mol. The molecule has 6 nitrogen and oxygen atoms in total. The average Bonchev–Trinajstić information content (AvgIpc) is 2.99. The first-order valence-corrected chi connectivity index (χ1v) is 6.31. The molecule has 0 saturated heterocycles. The normalized spacial score (nSPS) is 14.0. The number of fused-ring (bicyclic) bond motifs is 1. The Kier molecular flexibility index (Phi) is 3.08. The Hall–Kier alpha value is -2.08. The quantitative estimate of drug-likeness (QED) is 0.867. The number of anilines is 2. The summed E-state index contributed by atoms with van der Waals surface area (Å²) < 4.78 is 5.21. The molecule has 3 heterocycles. The molecule has 1 aliphatic rings. The van der Waals surface area contributed by atoms with Crippen LogP contribution in [0.5, 0.6) is 6.01 Å². The van der Waals surface area contributed by atoms with Crippen LogP contribution in [-0.4, -0.2) is 35.7 Å². The summed E-state index contributed by atoms with van der Waals surface area (Å²) in [4.78, 5) is 14.1. The van der Waals surface area contributed by atoms with Gasteiger partial charge in [0.1, 0.15) is 11.6 Å². The number of nitrogens with zero attached hydrogens (tertiary/aromatic N) is 3. The molecule has 6 heteroatoms. The van der Waals surface area contributed by atoms with E-state index in [1.165, 1.54) is 0 Å². The number of ether oxygens (including phenoxy) is 1. The smallest absolute Gasteiger partial charge is 0.318 e. The lowest BCUT2D eigenvalue weighted by molar-refractivity contribution is 0.376. The summed E-state index contributed by atoms with van der Waals surface area (Å²) in [5, 5.41) is 3.36. The van der Waals surface area contributed by atoms with E-state index in [2.05, 4.69) is 20.3 Å². The predicted octanol–water partition coefficient (Wildman–Crippen LogP) is 1.23. The van der Waals surface area contributed by atoms with Crippen LogP contribution in [0.15, 0.2) is 18.3 Å². The molecule has 19 heavy (non-hydrogen) atoms. The maximum atomic E-state index is 5.21. The lowest BCUT2D eigenvalue weighted by Crippen LogP contribution is -2.28. The van der Waals surface area contributed by atoms with E-state index in [0.29, 0.717) is 6.01 Å². The molecule has 0 spiro atoms. The van der Waals surface area contributed by atoms with E-state index >= 15 is 0 Å². The molecule has 2 aromatic rings. The molecule has 2 aromatic heterocycles. The molecule has 0 amide bonds. The van der Waals surface area contributed by atoms with Crippen molar-refractivity contribution in [2.24, 2.45) is 0 Å². The van der Waals surface area contributed by atoms with Crippen molar-refractivity contribution in [3.63, 3.8) is 0 Å². The van der Waals surface area contributed by atoms with Crippen LogP contribution in [0.3, 0.4) is 0 Å². The molecule has 100 valence electrons. The Bertz CT molecular complexity index is 567. The van der Waals surface area contributed by atoms with E-state index in [-0.39, 0.29) is 0 Å². The Labute approximate surface area is 111 Å². The average molecular weight is 259 g/mol. The van der Waals surface area contributed by atoms with Crippen LogP contribution in [0.2, 0.25) is 0 Å². The van der Waals surface area contributed by atoms with Gasteiger partial charge in [0, 0.05) is 38.3 Å². The second-order valence-corrected chi connectivity index (χ2v) is 4.50.